The summed E-state index contributed by atoms with van der Waals surface area (Å²) in [5.74, 6) is 0.300. The Labute approximate surface area is 185 Å². The van der Waals surface area contributed by atoms with Gasteiger partial charge in [-0.15, -0.1) is 0 Å². The minimum Gasteiger partial charge on any atom is -0.355 e. The van der Waals surface area contributed by atoms with E-state index in [0.717, 1.165) is 23.8 Å². The van der Waals surface area contributed by atoms with Crippen LogP contribution in [-0.2, 0) is 10.0 Å². The van der Waals surface area contributed by atoms with Gasteiger partial charge in [0.1, 0.15) is 5.52 Å². The van der Waals surface area contributed by atoms with Gasteiger partial charge in [0.15, 0.2) is 5.76 Å². The van der Waals surface area contributed by atoms with Crippen molar-refractivity contribution in [1.29, 1.82) is 0 Å². The fourth-order valence-corrected chi connectivity index (χ4v) is 5.39. The topological polar surface area (TPSA) is 92.5 Å². The minimum atomic E-state index is -3.48. The molecule has 8 heteroatoms. The normalized spacial score (nSPS) is 14.6. The molecule has 2 heterocycles. The van der Waals surface area contributed by atoms with Crippen LogP contribution < -0.4 is 5.32 Å². The second kappa shape index (κ2) is 8.22. The number of nitrogens with zero attached hydrogens (tertiary/aromatic N) is 2. The second-order valence-corrected chi connectivity index (χ2v) is 9.64. The zero-order valence-electron chi connectivity index (χ0n) is 17.2. The van der Waals surface area contributed by atoms with E-state index in [9.17, 15) is 13.2 Å². The SMILES string of the molecule is O=C(Nc1ccc(S(=O)(=O)N2CCCC2)cc1)c1ccc2noc(-c3ccccc3)c2c1. The predicted molar refractivity (Wildman–Crippen MR) is 122 cm³/mol. The molecule has 0 bridgehead atoms. The Morgan fingerprint density at radius 1 is 0.938 bits per heavy atom. The molecule has 0 radical (unpaired) electrons. The van der Waals surface area contributed by atoms with E-state index >= 15 is 0 Å². The second-order valence-electron chi connectivity index (χ2n) is 7.70. The Morgan fingerprint density at radius 3 is 2.38 bits per heavy atom. The Hall–Kier alpha value is -3.49. The molecule has 1 fully saturated rings. The van der Waals surface area contributed by atoms with Crippen molar-refractivity contribution in [2.24, 2.45) is 0 Å². The third kappa shape index (κ3) is 3.79. The quantitative estimate of drug-likeness (QED) is 0.485. The maximum atomic E-state index is 12.8. The van der Waals surface area contributed by atoms with Crippen molar-refractivity contribution in [3.63, 3.8) is 0 Å². The van der Waals surface area contributed by atoms with E-state index in [1.807, 2.05) is 30.3 Å². The summed E-state index contributed by atoms with van der Waals surface area (Å²) in [7, 11) is -3.48. The van der Waals surface area contributed by atoms with Crippen LogP contribution in [0.2, 0.25) is 0 Å². The average molecular weight is 448 g/mol. The molecule has 0 aliphatic carbocycles. The van der Waals surface area contributed by atoms with Gasteiger partial charge >= 0.3 is 0 Å². The van der Waals surface area contributed by atoms with Crippen LogP contribution >= 0.6 is 0 Å². The lowest BCUT2D eigenvalue weighted by Crippen LogP contribution is -2.27. The zero-order valence-corrected chi connectivity index (χ0v) is 18.0. The number of amides is 1. The smallest absolute Gasteiger partial charge is 0.255 e. The van der Waals surface area contributed by atoms with Crippen molar-refractivity contribution in [3.8, 4) is 11.3 Å². The van der Waals surface area contributed by atoms with Gasteiger partial charge in [0, 0.05) is 29.9 Å². The molecular formula is C24H21N3O4S. The highest BCUT2D eigenvalue weighted by Crippen LogP contribution is 2.29. The van der Waals surface area contributed by atoms with Gasteiger partial charge in [0.05, 0.1) is 10.3 Å². The van der Waals surface area contributed by atoms with E-state index in [0.29, 0.717) is 35.6 Å². The summed E-state index contributed by atoms with van der Waals surface area (Å²) >= 11 is 0. The van der Waals surface area contributed by atoms with Crippen LogP contribution in [0.25, 0.3) is 22.2 Å². The highest BCUT2D eigenvalue weighted by molar-refractivity contribution is 7.89. The zero-order chi connectivity index (χ0) is 22.1. The summed E-state index contributed by atoms with van der Waals surface area (Å²) in [6, 6.07) is 21.0. The number of fused-ring (bicyclic) bond motifs is 1. The molecule has 1 N–H and O–H groups in total. The highest BCUT2D eigenvalue weighted by Gasteiger charge is 2.27. The maximum absolute atomic E-state index is 12.8. The van der Waals surface area contributed by atoms with Crippen LogP contribution in [0, 0.1) is 0 Å². The van der Waals surface area contributed by atoms with Gasteiger partial charge in [0.2, 0.25) is 10.0 Å². The van der Waals surface area contributed by atoms with Crippen LogP contribution in [0.5, 0.6) is 0 Å². The fraction of sp³-hybridized carbons (Fsp3) is 0.167. The molecule has 3 aromatic carbocycles. The summed E-state index contributed by atoms with van der Waals surface area (Å²) in [5.41, 5.74) is 2.51. The highest BCUT2D eigenvalue weighted by atomic mass is 32.2. The molecule has 162 valence electrons. The van der Waals surface area contributed by atoms with Crippen molar-refractivity contribution in [2.75, 3.05) is 18.4 Å². The van der Waals surface area contributed by atoms with Crippen LogP contribution in [0.15, 0.2) is 82.2 Å². The monoisotopic (exact) mass is 447 g/mol. The van der Waals surface area contributed by atoms with Gasteiger partial charge < -0.3 is 9.84 Å². The number of nitrogens with one attached hydrogen (secondary N) is 1. The summed E-state index contributed by atoms with van der Waals surface area (Å²) in [5, 5.41) is 7.65. The number of benzene rings is 3. The lowest BCUT2D eigenvalue weighted by molar-refractivity contribution is 0.102. The van der Waals surface area contributed by atoms with E-state index < -0.39 is 10.0 Å². The molecule has 4 aromatic rings. The van der Waals surface area contributed by atoms with Gasteiger partial charge in [-0.05, 0) is 55.3 Å². The molecule has 1 aromatic heterocycles. The number of anilines is 1. The number of carbonyl (C=O) groups excluding carboxylic acids is 1. The van der Waals surface area contributed by atoms with Gasteiger partial charge in [0.25, 0.3) is 5.91 Å². The fourth-order valence-electron chi connectivity index (χ4n) is 3.87. The van der Waals surface area contributed by atoms with Crippen molar-refractivity contribution in [1.82, 2.24) is 9.46 Å². The molecule has 5 rings (SSSR count). The molecule has 0 saturated carbocycles. The Morgan fingerprint density at radius 2 is 1.66 bits per heavy atom. The number of hydrogen-bond donors (Lipinski definition) is 1. The molecule has 1 saturated heterocycles. The van der Waals surface area contributed by atoms with E-state index in [4.69, 9.17) is 4.52 Å². The van der Waals surface area contributed by atoms with Crippen molar-refractivity contribution in [3.05, 3.63) is 78.4 Å². The standard InChI is InChI=1S/C24H21N3O4S/c28-24(25-19-9-11-20(12-10-19)32(29,30)27-14-4-5-15-27)18-8-13-22-21(16-18)23(31-26-22)17-6-2-1-3-7-17/h1-3,6-13,16H,4-5,14-15H2,(H,25,28). The first kappa shape index (κ1) is 20.4. The van der Waals surface area contributed by atoms with Gasteiger partial charge in [-0.3, -0.25) is 4.79 Å². The third-order valence-electron chi connectivity index (χ3n) is 5.59. The molecule has 7 nitrogen and oxygen atoms in total. The summed E-state index contributed by atoms with van der Waals surface area (Å²) < 4.78 is 32.3. The number of aromatic nitrogens is 1. The van der Waals surface area contributed by atoms with E-state index in [2.05, 4.69) is 10.5 Å². The number of carbonyl (C=O) groups is 1. The summed E-state index contributed by atoms with van der Waals surface area (Å²) in [6.07, 6.45) is 1.77. The van der Waals surface area contributed by atoms with Crippen LogP contribution in [-0.4, -0.2) is 36.9 Å². The molecule has 0 atom stereocenters. The Balaban J connectivity index is 1.37. The summed E-state index contributed by atoms with van der Waals surface area (Å²) in [6.45, 7) is 1.11. The first-order valence-corrected chi connectivity index (χ1v) is 11.8. The largest absolute Gasteiger partial charge is 0.355 e. The first-order valence-electron chi connectivity index (χ1n) is 10.4. The van der Waals surface area contributed by atoms with E-state index in [1.165, 1.54) is 16.4 Å². The molecule has 1 aliphatic rings. The number of sulfonamides is 1. The Bertz CT molecular complexity index is 1370. The van der Waals surface area contributed by atoms with Crippen LogP contribution in [0.4, 0.5) is 5.69 Å². The summed E-state index contributed by atoms with van der Waals surface area (Å²) in [4.78, 5) is 13.1. The first-order chi connectivity index (χ1) is 15.5. The van der Waals surface area contributed by atoms with Crippen LogP contribution in [0.3, 0.4) is 0 Å². The van der Waals surface area contributed by atoms with E-state index in [-0.39, 0.29) is 10.8 Å². The van der Waals surface area contributed by atoms with Crippen LogP contribution in [0.1, 0.15) is 23.2 Å². The van der Waals surface area contributed by atoms with Gasteiger partial charge in [-0.25, -0.2) is 8.42 Å². The Kier molecular flexibility index (Phi) is 5.24. The molecule has 1 aliphatic heterocycles. The van der Waals surface area contributed by atoms with Crippen molar-refractivity contribution >= 4 is 32.5 Å². The molecule has 32 heavy (non-hydrogen) atoms. The number of rotatable bonds is 5. The van der Waals surface area contributed by atoms with E-state index in [1.54, 1.807) is 30.3 Å². The minimum absolute atomic E-state index is 0.232. The molecule has 0 spiro atoms. The third-order valence-corrected chi connectivity index (χ3v) is 7.50. The average Bonchev–Trinajstić information content (AvgIpc) is 3.50. The van der Waals surface area contributed by atoms with Gasteiger partial charge in [-0.2, -0.15) is 4.31 Å². The molecule has 0 unspecified atom stereocenters. The van der Waals surface area contributed by atoms with Gasteiger partial charge in [-0.1, -0.05) is 35.5 Å². The molecule has 1 amide bonds. The van der Waals surface area contributed by atoms with Crippen molar-refractivity contribution < 1.29 is 17.7 Å². The molecular weight excluding hydrogens is 426 g/mol. The van der Waals surface area contributed by atoms with Crippen molar-refractivity contribution in [2.45, 2.75) is 17.7 Å². The number of hydrogen-bond acceptors (Lipinski definition) is 5. The lowest BCUT2D eigenvalue weighted by Gasteiger charge is -2.15. The lowest BCUT2D eigenvalue weighted by atomic mass is 10.1. The predicted octanol–water partition coefficient (Wildman–Crippen LogP) is 4.53. The maximum Gasteiger partial charge on any atom is 0.255 e.